The lowest BCUT2D eigenvalue weighted by atomic mass is 10.2. The topological polar surface area (TPSA) is 49.9 Å². The van der Waals surface area contributed by atoms with E-state index in [9.17, 15) is 9.59 Å². The smallest absolute Gasteiger partial charge is 0.325 e. The number of anilines is 2. The Morgan fingerprint density at radius 1 is 1.47 bits per heavy atom. The standard InChI is InChI=1S/C13H15ClN2O3/c1-15-7-6-11(17)16(8-12(18)19-2)13-9(14)4-3-5-10(13)15/h3-5H,6-8H2,1-2H3. The van der Waals surface area contributed by atoms with E-state index in [-0.39, 0.29) is 12.5 Å². The van der Waals surface area contributed by atoms with Gasteiger partial charge in [-0.15, -0.1) is 0 Å². The van der Waals surface area contributed by atoms with Crippen LogP contribution in [-0.2, 0) is 14.3 Å². The molecule has 1 amide bonds. The molecule has 5 nitrogen and oxygen atoms in total. The summed E-state index contributed by atoms with van der Waals surface area (Å²) in [5, 5.41) is 0.448. The Labute approximate surface area is 116 Å². The highest BCUT2D eigenvalue weighted by molar-refractivity contribution is 6.34. The highest BCUT2D eigenvalue weighted by Gasteiger charge is 2.28. The van der Waals surface area contributed by atoms with Crippen LogP contribution in [0.15, 0.2) is 18.2 Å². The second-order valence-electron chi connectivity index (χ2n) is 4.34. The summed E-state index contributed by atoms with van der Waals surface area (Å²) < 4.78 is 4.63. The predicted molar refractivity (Wildman–Crippen MR) is 73.7 cm³/mol. The molecular weight excluding hydrogens is 268 g/mol. The van der Waals surface area contributed by atoms with Crippen molar-refractivity contribution in [3.05, 3.63) is 23.2 Å². The van der Waals surface area contributed by atoms with Gasteiger partial charge in [-0.05, 0) is 12.1 Å². The number of esters is 1. The zero-order valence-corrected chi connectivity index (χ0v) is 11.6. The summed E-state index contributed by atoms with van der Waals surface area (Å²) in [7, 11) is 3.19. The van der Waals surface area contributed by atoms with Crippen LogP contribution in [0.5, 0.6) is 0 Å². The first-order valence-corrected chi connectivity index (χ1v) is 6.29. The number of para-hydroxylation sites is 1. The van der Waals surface area contributed by atoms with Crippen LogP contribution in [0.4, 0.5) is 11.4 Å². The van der Waals surface area contributed by atoms with Crippen molar-refractivity contribution in [3.8, 4) is 0 Å². The van der Waals surface area contributed by atoms with Crippen molar-refractivity contribution < 1.29 is 14.3 Å². The largest absolute Gasteiger partial charge is 0.468 e. The second-order valence-corrected chi connectivity index (χ2v) is 4.74. The molecule has 1 aromatic carbocycles. The summed E-state index contributed by atoms with van der Waals surface area (Å²) in [6.45, 7) is 0.462. The number of nitrogens with zero attached hydrogens (tertiary/aromatic N) is 2. The van der Waals surface area contributed by atoms with E-state index >= 15 is 0 Å². The molecule has 0 saturated carbocycles. The molecular formula is C13H15ClN2O3. The van der Waals surface area contributed by atoms with E-state index in [1.165, 1.54) is 12.0 Å². The average molecular weight is 283 g/mol. The highest BCUT2D eigenvalue weighted by atomic mass is 35.5. The number of fused-ring (bicyclic) bond motifs is 1. The first-order chi connectivity index (χ1) is 9.04. The number of ether oxygens (including phenoxy) is 1. The summed E-state index contributed by atoms with van der Waals surface area (Å²) in [6, 6.07) is 5.41. The molecule has 0 N–H and O–H groups in total. The van der Waals surface area contributed by atoms with Gasteiger partial charge >= 0.3 is 5.97 Å². The normalized spacial score (nSPS) is 15.0. The van der Waals surface area contributed by atoms with Gasteiger partial charge in [0.25, 0.3) is 0 Å². The van der Waals surface area contributed by atoms with Crippen molar-refractivity contribution >= 4 is 34.9 Å². The molecule has 0 radical (unpaired) electrons. The van der Waals surface area contributed by atoms with Crippen LogP contribution in [0.25, 0.3) is 0 Å². The number of methoxy groups -OCH3 is 1. The maximum Gasteiger partial charge on any atom is 0.325 e. The lowest BCUT2D eigenvalue weighted by Gasteiger charge is -2.24. The Bertz CT molecular complexity index is 519. The number of rotatable bonds is 2. The maximum absolute atomic E-state index is 12.2. The predicted octanol–water partition coefficient (Wildman–Crippen LogP) is 1.69. The first kappa shape index (κ1) is 13.7. The molecule has 0 bridgehead atoms. The number of halogens is 1. The van der Waals surface area contributed by atoms with Gasteiger partial charge in [0.15, 0.2) is 0 Å². The third-order valence-electron chi connectivity index (χ3n) is 3.12. The SMILES string of the molecule is COC(=O)CN1C(=O)CCN(C)c2cccc(Cl)c21. The van der Waals surface area contributed by atoms with Gasteiger partial charge in [0, 0.05) is 20.0 Å². The van der Waals surface area contributed by atoms with E-state index < -0.39 is 5.97 Å². The van der Waals surface area contributed by atoms with Gasteiger partial charge in [0.05, 0.1) is 23.5 Å². The lowest BCUT2D eigenvalue weighted by molar-refractivity contribution is -0.140. The van der Waals surface area contributed by atoms with E-state index in [2.05, 4.69) is 4.74 Å². The Kier molecular flexibility index (Phi) is 3.95. The molecule has 1 aliphatic rings. The van der Waals surface area contributed by atoms with E-state index in [0.29, 0.717) is 23.7 Å². The molecule has 2 rings (SSSR count). The molecule has 0 unspecified atom stereocenters. The Hall–Kier alpha value is -1.75. The number of hydrogen-bond acceptors (Lipinski definition) is 4. The van der Waals surface area contributed by atoms with Crippen LogP contribution in [0.3, 0.4) is 0 Å². The van der Waals surface area contributed by atoms with E-state index in [1.807, 2.05) is 24.1 Å². The molecule has 1 aliphatic heterocycles. The van der Waals surface area contributed by atoms with Crippen LogP contribution >= 0.6 is 11.6 Å². The number of benzene rings is 1. The third-order valence-corrected chi connectivity index (χ3v) is 3.43. The van der Waals surface area contributed by atoms with Gasteiger partial charge in [-0.3, -0.25) is 14.5 Å². The molecule has 0 atom stereocenters. The molecule has 0 saturated heterocycles. The van der Waals surface area contributed by atoms with E-state index in [0.717, 1.165) is 5.69 Å². The van der Waals surface area contributed by atoms with E-state index in [1.54, 1.807) is 6.07 Å². The van der Waals surface area contributed by atoms with Crippen LogP contribution in [0, 0.1) is 0 Å². The minimum atomic E-state index is -0.469. The lowest BCUT2D eigenvalue weighted by Crippen LogP contribution is -2.36. The van der Waals surface area contributed by atoms with Crippen LogP contribution in [0.1, 0.15) is 6.42 Å². The summed E-state index contributed by atoms with van der Waals surface area (Å²) in [5.41, 5.74) is 1.40. The molecule has 102 valence electrons. The van der Waals surface area contributed by atoms with Gasteiger partial charge in [-0.2, -0.15) is 0 Å². The van der Waals surface area contributed by atoms with E-state index in [4.69, 9.17) is 11.6 Å². The minimum Gasteiger partial charge on any atom is -0.468 e. The fraction of sp³-hybridized carbons (Fsp3) is 0.385. The van der Waals surface area contributed by atoms with Crippen molar-refractivity contribution in [1.82, 2.24) is 0 Å². The fourth-order valence-electron chi connectivity index (χ4n) is 2.08. The third kappa shape index (κ3) is 2.66. The minimum absolute atomic E-state index is 0.125. The van der Waals surface area contributed by atoms with Gasteiger partial charge in [-0.1, -0.05) is 17.7 Å². The Morgan fingerprint density at radius 3 is 2.89 bits per heavy atom. The van der Waals surface area contributed by atoms with Crippen LogP contribution in [-0.4, -0.2) is 39.1 Å². The number of amides is 1. The number of carbonyl (C=O) groups is 2. The summed E-state index contributed by atoms with van der Waals surface area (Å²) in [4.78, 5) is 27.0. The first-order valence-electron chi connectivity index (χ1n) is 5.91. The molecule has 0 aliphatic carbocycles. The van der Waals surface area contributed by atoms with Crippen molar-refractivity contribution in [2.24, 2.45) is 0 Å². The van der Waals surface area contributed by atoms with Gasteiger partial charge in [0.1, 0.15) is 6.54 Å². The quantitative estimate of drug-likeness (QED) is 0.775. The highest BCUT2D eigenvalue weighted by Crippen LogP contribution is 2.37. The van der Waals surface area contributed by atoms with Gasteiger partial charge in [0.2, 0.25) is 5.91 Å². The zero-order chi connectivity index (χ0) is 14.0. The Balaban J connectivity index is 2.49. The molecule has 6 heteroatoms. The van der Waals surface area contributed by atoms with Crippen molar-refractivity contribution in [2.45, 2.75) is 6.42 Å². The average Bonchev–Trinajstić information content (AvgIpc) is 2.52. The van der Waals surface area contributed by atoms with Crippen LogP contribution in [0.2, 0.25) is 5.02 Å². The van der Waals surface area contributed by atoms with Crippen molar-refractivity contribution in [2.75, 3.05) is 37.0 Å². The zero-order valence-electron chi connectivity index (χ0n) is 10.9. The summed E-state index contributed by atoms with van der Waals surface area (Å²) in [5.74, 6) is -0.604. The number of carbonyl (C=O) groups excluding carboxylic acids is 2. The molecule has 0 fully saturated rings. The van der Waals surface area contributed by atoms with Crippen LogP contribution < -0.4 is 9.80 Å². The second kappa shape index (κ2) is 5.48. The van der Waals surface area contributed by atoms with Gasteiger partial charge in [-0.25, -0.2) is 0 Å². The molecule has 0 aromatic heterocycles. The van der Waals surface area contributed by atoms with Gasteiger partial charge < -0.3 is 9.64 Å². The molecule has 1 aromatic rings. The molecule has 1 heterocycles. The van der Waals surface area contributed by atoms with Crippen molar-refractivity contribution in [3.63, 3.8) is 0 Å². The summed E-state index contributed by atoms with van der Waals surface area (Å²) >= 11 is 6.19. The fourth-order valence-corrected chi connectivity index (χ4v) is 2.36. The Morgan fingerprint density at radius 2 is 2.21 bits per heavy atom. The van der Waals surface area contributed by atoms with Crippen molar-refractivity contribution in [1.29, 1.82) is 0 Å². The molecule has 0 spiro atoms. The number of hydrogen-bond donors (Lipinski definition) is 0. The monoisotopic (exact) mass is 282 g/mol. The maximum atomic E-state index is 12.2. The molecule has 19 heavy (non-hydrogen) atoms. The summed E-state index contributed by atoms with van der Waals surface area (Å²) in [6.07, 6.45) is 0.332.